The van der Waals surface area contributed by atoms with Gasteiger partial charge in [-0.1, -0.05) is 25.4 Å². The lowest BCUT2D eigenvalue weighted by Gasteiger charge is -2.08. The molecule has 0 amide bonds. The van der Waals surface area contributed by atoms with Gasteiger partial charge >= 0.3 is 0 Å². The zero-order valence-electron chi connectivity index (χ0n) is 10.1. The molecule has 1 N–H and O–H groups in total. The molecular weight excluding hydrogens is 318 g/mol. The Bertz CT molecular complexity index is 540. The molecule has 18 heavy (non-hydrogen) atoms. The number of halogens is 2. The number of nitrogens with zero attached hydrogens (tertiary/aromatic N) is 4. The summed E-state index contributed by atoms with van der Waals surface area (Å²) in [4.78, 5) is 0. The highest BCUT2D eigenvalue weighted by Gasteiger charge is 2.09. The van der Waals surface area contributed by atoms with E-state index >= 15 is 0 Å². The summed E-state index contributed by atoms with van der Waals surface area (Å²) in [7, 11) is 0. The molecule has 5 nitrogen and oxygen atoms in total. The first-order valence-electron chi connectivity index (χ1n) is 5.54. The van der Waals surface area contributed by atoms with E-state index in [1.807, 2.05) is 18.2 Å². The minimum Gasteiger partial charge on any atom is -0.308 e. The van der Waals surface area contributed by atoms with Crippen molar-refractivity contribution in [3.8, 4) is 5.69 Å². The lowest BCUT2D eigenvalue weighted by Crippen LogP contribution is -2.24. The largest absolute Gasteiger partial charge is 0.308 e. The van der Waals surface area contributed by atoms with Gasteiger partial charge in [0.25, 0.3) is 0 Å². The molecule has 0 aliphatic rings. The molecule has 2 rings (SSSR count). The Morgan fingerprint density at radius 2 is 2.22 bits per heavy atom. The molecule has 0 bridgehead atoms. The van der Waals surface area contributed by atoms with E-state index in [2.05, 4.69) is 50.6 Å². The van der Waals surface area contributed by atoms with E-state index in [0.717, 1.165) is 16.0 Å². The molecule has 0 atom stereocenters. The summed E-state index contributed by atoms with van der Waals surface area (Å²) in [6.07, 6.45) is 0. The van der Waals surface area contributed by atoms with E-state index in [1.54, 1.807) is 4.68 Å². The highest BCUT2D eigenvalue weighted by molar-refractivity contribution is 9.10. The van der Waals surface area contributed by atoms with Gasteiger partial charge in [-0.3, -0.25) is 0 Å². The Balaban J connectivity index is 2.27. The monoisotopic (exact) mass is 329 g/mol. The Kier molecular flexibility index (Phi) is 4.31. The zero-order valence-corrected chi connectivity index (χ0v) is 12.4. The maximum Gasteiger partial charge on any atom is 0.170 e. The maximum absolute atomic E-state index is 5.96. The predicted molar refractivity (Wildman–Crippen MR) is 73.8 cm³/mol. The molecule has 0 saturated heterocycles. The lowest BCUT2D eigenvalue weighted by molar-refractivity contribution is 0.563. The van der Waals surface area contributed by atoms with Gasteiger partial charge in [-0.05, 0) is 44.6 Å². The SMILES string of the molecule is CC(C)NCc1nnnn1-c1ccc(Cl)c(Br)c1. The summed E-state index contributed by atoms with van der Waals surface area (Å²) in [5.41, 5.74) is 0.872. The Hall–Kier alpha value is -0.980. The molecule has 2 aromatic rings. The van der Waals surface area contributed by atoms with Crippen LogP contribution in [0.5, 0.6) is 0 Å². The van der Waals surface area contributed by atoms with E-state index in [4.69, 9.17) is 11.6 Å². The molecule has 0 aliphatic heterocycles. The fourth-order valence-electron chi connectivity index (χ4n) is 1.43. The summed E-state index contributed by atoms with van der Waals surface area (Å²) in [5, 5.41) is 15.6. The third-order valence-corrected chi connectivity index (χ3v) is 3.56. The smallest absolute Gasteiger partial charge is 0.170 e. The van der Waals surface area contributed by atoms with Crippen molar-refractivity contribution in [2.24, 2.45) is 0 Å². The second kappa shape index (κ2) is 5.77. The van der Waals surface area contributed by atoms with Crippen LogP contribution in [0.3, 0.4) is 0 Å². The molecule has 0 radical (unpaired) electrons. The first kappa shape index (κ1) is 13.5. The van der Waals surface area contributed by atoms with Crippen LogP contribution in [-0.4, -0.2) is 26.2 Å². The van der Waals surface area contributed by atoms with Gasteiger partial charge in [-0.2, -0.15) is 4.68 Å². The maximum atomic E-state index is 5.96. The van der Waals surface area contributed by atoms with Gasteiger partial charge in [0.15, 0.2) is 5.82 Å². The first-order chi connectivity index (χ1) is 8.58. The summed E-state index contributed by atoms with van der Waals surface area (Å²) in [6.45, 7) is 4.77. The highest BCUT2D eigenvalue weighted by Crippen LogP contribution is 2.24. The lowest BCUT2D eigenvalue weighted by atomic mass is 10.3. The third-order valence-electron chi connectivity index (χ3n) is 2.35. The van der Waals surface area contributed by atoms with Gasteiger partial charge in [-0.25, -0.2) is 0 Å². The van der Waals surface area contributed by atoms with Crippen molar-refractivity contribution in [1.82, 2.24) is 25.5 Å². The van der Waals surface area contributed by atoms with Crippen LogP contribution in [0.25, 0.3) is 5.69 Å². The van der Waals surface area contributed by atoms with E-state index < -0.39 is 0 Å². The van der Waals surface area contributed by atoms with Crippen molar-refractivity contribution >= 4 is 27.5 Å². The molecular formula is C11H13BrClN5. The number of hydrogen-bond donors (Lipinski definition) is 1. The normalized spacial score (nSPS) is 11.2. The number of nitrogens with one attached hydrogen (secondary N) is 1. The van der Waals surface area contributed by atoms with Gasteiger partial charge in [0.2, 0.25) is 0 Å². The quantitative estimate of drug-likeness (QED) is 0.936. The molecule has 0 saturated carbocycles. The first-order valence-corrected chi connectivity index (χ1v) is 6.71. The predicted octanol–water partition coefficient (Wildman–Crippen LogP) is 2.58. The topological polar surface area (TPSA) is 55.6 Å². The van der Waals surface area contributed by atoms with Crippen molar-refractivity contribution in [1.29, 1.82) is 0 Å². The van der Waals surface area contributed by atoms with E-state index in [9.17, 15) is 0 Å². The molecule has 7 heteroatoms. The van der Waals surface area contributed by atoms with Gasteiger partial charge in [0.1, 0.15) is 0 Å². The van der Waals surface area contributed by atoms with Crippen molar-refractivity contribution in [3.63, 3.8) is 0 Å². The van der Waals surface area contributed by atoms with E-state index in [1.165, 1.54) is 0 Å². The molecule has 0 fully saturated rings. The Morgan fingerprint density at radius 3 is 2.89 bits per heavy atom. The van der Waals surface area contributed by atoms with Gasteiger partial charge in [0, 0.05) is 10.5 Å². The van der Waals surface area contributed by atoms with E-state index in [-0.39, 0.29) is 0 Å². The number of benzene rings is 1. The average Bonchev–Trinajstić information content (AvgIpc) is 2.78. The molecule has 1 aromatic heterocycles. The molecule has 0 aliphatic carbocycles. The van der Waals surface area contributed by atoms with Crippen LogP contribution >= 0.6 is 27.5 Å². The van der Waals surface area contributed by atoms with Gasteiger partial charge in [0.05, 0.1) is 17.3 Å². The summed E-state index contributed by atoms with van der Waals surface area (Å²) >= 11 is 9.35. The standard InChI is InChI=1S/C11H13BrClN5/c1-7(2)14-6-11-15-16-17-18(11)8-3-4-10(13)9(12)5-8/h3-5,7,14H,6H2,1-2H3. The van der Waals surface area contributed by atoms with Crippen molar-refractivity contribution < 1.29 is 0 Å². The second-order valence-corrected chi connectivity index (χ2v) is 5.40. The van der Waals surface area contributed by atoms with Gasteiger partial charge in [-0.15, -0.1) is 5.10 Å². The van der Waals surface area contributed by atoms with Crippen LogP contribution < -0.4 is 5.32 Å². The van der Waals surface area contributed by atoms with Crippen LogP contribution in [0.2, 0.25) is 5.02 Å². The van der Waals surface area contributed by atoms with Crippen molar-refractivity contribution in [2.75, 3.05) is 0 Å². The van der Waals surface area contributed by atoms with Crippen LogP contribution in [0.15, 0.2) is 22.7 Å². The summed E-state index contributed by atoms with van der Waals surface area (Å²) in [6, 6.07) is 5.95. The minimum atomic E-state index is 0.382. The van der Waals surface area contributed by atoms with Crippen LogP contribution in [0, 0.1) is 0 Å². The average molecular weight is 331 g/mol. The third kappa shape index (κ3) is 3.07. The number of aromatic nitrogens is 4. The minimum absolute atomic E-state index is 0.382. The Morgan fingerprint density at radius 1 is 1.44 bits per heavy atom. The zero-order chi connectivity index (χ0) is 13.1. The fourth-order valence-corrected chi connectivity index (χ4v) is 1.91. The molecule has 0 unspecified atom stereocenters. The number of tetrazole rings is 1. The molecule has 1 heterocycles. The second-order valence-electron chi connectivity index (χ2n) is 4.14. The Labute approximate surface area is 119 Å². The van der Waals surface area contributed by atoms with Crippen LogP contribution in [-0.2, 0) is 6.54 Å². The molecule has 1 aromatic carbocycles. The number of rotatable bonds is 4. The summed E-state index contributed by atoms with van der Waals surface area (Å²) < 4.78 is 2.51. The fraction of sp³-hybridized carbons (Fsp3) is 0.364. The van der Waals surface area contributed by atoms with Gasteiger partial charge < -0.3 is 5.32 Å². The van der Waals surface area contributed by atoms with Crippen LogP contribution in [0.1, 0.15) is 19.7 Å². The molecule has 96 valence electrons. The number of hydrogen-bond acceptors (Lipinski definition) is 4. The highest BCUT2D eigenvalue weighted by atomic mass is 79.9. The van der Waals surface area contributed by atoms with Crippen molar-refractivity contribution in [2.45, 2.75) is 26.4 Å². The van der Waals surface area contributed by atoms with E-state index in [0.29, 0.717) is 17.6 Å². The molecule has 0 spiro atoms. The van der Waals surface area contributed by atoms with Crippen LogP contribution in [0.4, 0.5) is 0 Å². The van der Waals surface area contributed by atoms with Crippen molar-refractivity contribution in [3.05, 3.63) is 33.5 Å². The summed E-state index contributed by atoms with van der Waals surface area (Å²) in [5.74, 6) is 0.762.